The van der Waals surface area contributed by atoms with Crippen LogP contribution in [-0.4, -0.2) is 37.0 Å². The Morgan fingerprint density at radius 1 is 1.77 bits per heavy atom. The SMILES string of the molecule is C#CCN(CC)C(=O)C1CCNC1. The fourth-order valence-corrected chi connectivity index (χ4v) is 1.58. The van der Waals surface area contributed by atoms with E-state index >= 15 is 0 Å². The van der Waals surface area contributed by atoms with Crippen LogP contribution in [-0.2, 0) is 4.79 Å². The van der Waals surface area contributed by atoms with Gasteiger partial charge in [0.15, 0.2) is 0 Å². The smallest absolute Gasteiger partial charge is 0.227 e. The molecule has 1 heterocycles. The summed E-state index contributed by atoms with van der Waals surface area (Å²) in [6.45, 7) is 4.85. The average molecular weight is 180 g/mol. The zero-order valence-electron chi connectivity index (χ0n) is 8.05. The predicted molar refractivity (Wildman–Crippen MR) is 52.1 cm³/mol. The molecule has 0 spiro atoms. The lowest BCUT2D eigenvalue weighted by Gasteiger charge is -2.21. The topological polar surface area (TPSA) is 32.3 Å². The fourth-order valence-electron chi connectivity index (χ4n) is 1.58. The number of terminal acetylenes is 1. The summed E-state index contributed by atoms with van der Waals surface area (Å²) in [5, 5.41) is 3.18. The van der Waals surface area contributed by atoms with Crippen molar-refractivity contribution >= 4 is 5.91 Å². The molecule has 0 saturated carbocycles. The number of hydrogen-bond acceptors (Lipinski definition) is 2. The van der Waals surface area contributed by atoms with E-state index in [0.29, 0.717) is 13.1 Å². The molecule has 0 aromatic rings. The number of carbonyl (C=O) groups excluding carboxylic acids is 1. The third kappa shape index (κ3) is 2.46. The van der Waals surface area contributed by atoms with Crippen LogP contribution in [0.2, 0.25) is 0 Å². The molecule has 1 saturated heterocycles. The Morgan fingerprint density at radius 3 is 3.00 bits per heavy atom. The summed E-state index contributed by atoms with van der Waals surface area (Å²) in [5.74, 6) is 2.85. The second kappa shape index (κ2) is 4.88. The maximum Gasteiger partial charge on any atom is 0.227 e. The number of rotatable bonds is 3. The minimum absolute atomic E-state index is 0.147. The Morgan fingerprint density at radius 2 is 2.54 bits per heavy atom. The van der Waals surface area contributed by atoms with Crippen LogP contribution < -0.4 is 5.32 Å². The first kappa shape index (κ1) is 10.1. The molecular weight excluding hydrogens is 164 g/mol. The van der Waals surface area contributed by atoms with Crippen LogP contribution in [0.5, 0.6) is 0 Å². The maximum absolute atomic E-state index is 11.8. The number of amides is 1. The van der Waals surface area contributed by atoms with Crippen molar-refractivity contribution in [3.8, 4) is 12.3 Å². The van der Waals surface area contributed by atoms with Gasteiger partial charge < -0.3 is 10.2 Å². The Bertz CT molecular complexity index is 213. The van der Waals surface area contributed by atoms with E-state index < -0.39 is 0 Å². The van der Waals surface area contributed by atoms with E-state index in [1.54, 1.807) is 4.90 Å². The summed E-state index contributed by atoms with van der Waals surface area (Å²) < 4.78 is 0. The lowest BCUT2D eigenvalue weighted by atomic mass is 10.1. The van der Waals surface area contributed by atoms with Crippen molar-refractivity contribution < 1.29 is 4.79 Å². The summed E-state index contributed by atoms with van der Waals surface area (Å²) in [4.78, 5) is 13.5. The van der Waals surface area contributed by atoms with Crippen molar-refractivity contribution in [3.63, 3.8) is 0 Å². The van der Waals surface area contributed by atoms with Crippen molar-refractivity contribution in [2.75, 3.05) is 26.2 Å². The van der Waals surface area contributed by atoms with E-state index in [1.807, 2.05) is 6.92 Å². The molecule has 3 nitrogen and oxygen atoms in total. The molecule has 1 N–H and O–H groups in total. The van der Waals surface area contributed by atoms with E-state index in [4.69, 9.17) is 6.42 Å². The van der Waals surface area contributed by atoms with Crippen molar-refractivity contribution in [3.05, 3.63) is 0 Å². The molecule has 1 amide bonds. The van der Waals surface area contributed by atoms with E-state index in [-0.39, 0.29) is 11.8 Å². The second-order valence-corrected chi connectivity index (χ2v) is 3.25. The molecule has 1 atom stereocenters. The second-order valence-electron chi connectivity index (χ2n) is 3.25. The molecule has 1 rings (SSSR count). The summed E-state index contributed by atoms with van der Waals surface area (Å²) in [6.07, 6.45) is 6.13. The molecule has 3 heteroatoms. The third-order valence-corrected chi connectivity index (χ3v) is 2.39. The number of nitrogens with one attached hydrogen (secondary N) is 1. The minimum atomic E-state index is 0.147. The zero-order valence-corrected chi connectivity index (χ0v) is 8.05. The van der Waals surface area contributed by atoms with Crippen LogP contribution in [0.15, 0.2) is 0 Å². The van der Waals surface area contributed by atoms with Crippen molar-refractivity contribution in [2.24, 2.45) is 5.92 Å². The Balaban J connectivity index is 2.48. The molecule has 0 aromatic carbocycles. The van der Waals surface area contributed by atoms with Gasteiger partial charge in [-0.25, -0.2) is 0 Å². The molecule has 13 heavy (non-hydrogen) atoms. The highest BCUT2D eigenvalue weighted by Gasteiger charge is 2.25. The average Bonchev–Trinajstić information content (AvgIpc) is 2.65. The van der Waals surface area contributed by atoms with Crippen molar-refractivity contribution in [1.29, 1.82) is 0 Å². The van der Waals surface area contributed by atoms with Crippen LogP contribution in [0, 0.1) is 18.3 Å². The molecular formula is C10H16N2O. The quantitative estimate of drug-likeness (QED) is 0.624. The molecule has 1 unspecified atom stereocenters. The molecule has 1 aliphatic rings. The van der Waals surface area contributed by atoms with E-state index in [2.05, 4.69) is 11.2 Å². The molecule has 0 aliphatic carbocycles. The molecule has 1 aliphatic heterocycles. The standard InChI is InChI=1S/C10H16N2O/c1-3-7-12(4-2)10(13)9-5-6-11-8-9/h1,9,11H,4-8H2,2H3. The molecule has 0 radical (unpaired) electrons. The largest absolute Gasteiger partial charge is 0.332 e. The van der Waals surface area contributed by atoms with E-state index in [0.717, 1.165) is 19.5 Å². The molecule has 0 aromatic heterocycles. The van der Waals surface area contributed by atoms with Gasteiger partial charge in [0, 0.05) is 13.1 Å². The predicted octanol–water partition coefficient (Wildman–Crippen LogP) is 0.0776. The Labute approximate surface area is 79.5 Å². The van der Waals surface area contributed by atoms with Gasteiger partial charge in [-0.1, -0.05) is 5.92 Å². The van der Waals surface area contributed by atoms with Gasteiger partial charge in [0.1, 0.15) is 0 Å². The monoisotopic (exact) mass is 180 g/mol. The van der Waals surface area contributed by atoms with Crippen molar-refractivity contribution in [1.82, 2.24) is 10.2 Å². The highest BCUT2D eigenvalue weighted by Crippen LogP contribution is 2.11. The summed E-state index contributed by atoms with van der Waals surface area (Å²) in [6, 6.07) is 0. The van der Waals surface area contributed by atoms with Gasteiger partial charge in [0.05, 0.1) is 12.5 Å². The minimum Gasteiger partial charge on any atom is -0.332 e. The Hall–Kier alpha value is -1.01. The number of nitrogens with zero attached hydrogens (tertiary/aromatic N) is 1. The fraction of sp³-hybridized carbons (Fsp3) is 0.700. The van der Waals surface area contributed by atoms with Crippen LogP contribution in [0.3, 0.4) is 0 Å². The van der Waals surface area contributed by atoms with Crippen molar-refractivity contribution in [2.45, 2.75) is 13.3 Å². The van der Waals surface area contributed by atoms with Gasteiger partial charge in [-0.05, 0) is 19.9 Å². The first-order chi connectivity index (χ1) is 6.29. The van der Waals surface area contributed by atoms with Gasteiger partial charge in [-0.3, -0.25) is 4.79 Å². The van der Waals surface area contributed by atoms with Crippen LogP contribution in [0.1, 0.15) is 13.3 Å². The summed E-state index contributed by atoms with van der Waals surface area (Å²) in [5.41, 5.74) is 0. The highest BCUT2D eigenvalue weighted by atomic mass is 16.2. The number of carbonyl (C=O) groups is 1. The first-order valence-electron chi connectivity index (χ1n) is 4.72. The van der Waals surface area contributed by atoms with Crippen LogP contribution in [0.25, 0.3) is 0 Å². The van der Waals surface area contributed by atoms with Gasteiger partial charge in [0.25, 0.3) is 0 Å². The first-order valence-corrected chi connectivity index (χ1v) is 4.72. The summed E-state index contributed by atoms with van der Waals surface area (Å²) in [7, 11) is 0. The van der Waals surface area contributed by atoms with E-state index in [9.17, 15) is 4.79 Å². The lowest BCUT2D eigenvalue weighted by molar-refractivity contribution is -0.134. The molecule has 1 fully saturated rings. The van der Waals surface area contributed by atoms with Gasteiger partial charge in [-0.2, -0.15) is 0 Å². The van der Waals surface area contributed by atoms with Gasteiger partial charge >= 0.3 is 0 Å². The van der Waals surface area contributed by atoms with E-state index in [1.165, 1.54) is 0 Å². The lowest BCUT2D eigenvalue weighted by Crippen LogP contribution is -2.37. The number of hydrogen-bond donors (Lipinski definition) is 1. The van der Waals surface area contributed by atoms with Gasteiger partial charge in [-0.15, -0.1) is 6.42 Å². The maximum atomic E-state index is 11.8. The van der Waals surface area contributed by atoms with Gasteiger partial charge in [0.2, 0.25) is 5.91 Å². The molecule has 72 valence electrons. The zero-order chi connectivity index (χ0) is 9.68. The highest BCUT2D eigenvalue weighted by molar-refractivity contribution is 5.79. The normalized spacial score (nSPS) is 21.1. The summed E-state index contributed by atoms with van der Waals surface area (Å²) >= 11 is 0. The Kier molecular flexibility index (Phi) is 3.78. The van der Waals surface area contributed by atoms with Crippen LogP contribution in [0.4, 0.5) is 0 Å². The third-order valence-electron chi connectivity index (χ3n) is 2.39. The van der Waals surface area contributed by atoms with Crippen LogP contribution >= 0.6 is 0 Å². The molecule has 0 bridgehead atoms.